The highest BCUT2D eigenvalue weighted by Crippen LogP contribution is 2.32. The normalized spacial score (nSPS) is 18.4. The third-order valence-electron chi connectivity index (χ3n) is 4.48. The molecule has 6 N–H and O–H groups in total. The van der Waals surface area contributed by atoms with Gasteiger partial charge in [-0.15, -0.1) is 0 Å². The van der Waals surface area contributed by atoms with Crippen molar-refractivity contribution in [3.05, 3.63) is 46.5 Å². The molecule has 0 saturated carbocycles. The second-order valence-corrected chi connectivity index (χ2v) is 6.60. The predicted molar refractivity (Wildman–Crippen MR) is 94.8 cm³/mol. The van der Waals surface area contributed by atoms with E-state index in [1.54, 1.807) is 6.07 Å². The van der Waals surface area contributed by atoms with Gasteiger partial charge in [-0.2, -0.15) is 0 Å². The first-order chi connectivity index (χ1) is 13.4. The van der Waals surface area contributed by atoms with Gasteiger partial charge in [0.2, 0.25) is 5.91 Å². The number of rotatable bonds is 6. The summed E-state index contributed by atoms with van der Waals surface area (Å²) in [6.07, 6.45) is 0.640. The number of nitrogens with two attached hydrogens (primary N) is 1. The molecule has 0 radical (unpaired) electrons. The topological polar surface area (TPSA) is 159 Å². The minimum Gasteiger partial charge on any atom is -0.409 e. The Labute approximate surface area is 159 Å². The number of carbonyl (C=O) groups excluding carboxylic acids is 1. The monoisotopic (exact) mass is 392 g/mol. The quantitative estimate of drug-likeness (QED) is 0.201. The third kappa shape index (κ3) is 4.10. The van der Waals surface area contributed by atoms with Crippen molar-refractivity contribution in [1.82, 2.24) is 20.9 Å². The van der Waals surface area contributed by atoms with E-state index in [2.05, 4.69) is 30.7 Å². The fourth-order valence-corrected chi connectivity index (χ4v) is 3.08. The minimum atomic E-state index is -1.26. The summed E-state index contributed by atoms with van der Waals surface area (Å²) in [6.45, 7) is 1.52. The van der Waals surface area contributed by atoms with Gasteiger partial charge >= 0.3 is 0 Å². The number of hydrogen-bond acceptors (Lipinski definition) is 8. The van der Waals surface area contributed by atoms with Crippen LogP contribution in [-0.2, 0) is 11.2 Å². The third-order valence-corrected chi connectivity index (χ3v) is 4.48. The highest BCUT2D eigenvalue weighted by molar-refractivity contribution is 5.99. The van der Waals surface area contributed by atoms with Crippen molar-refractivity contribution in [1.29, 1.82) is 0 Å². The van der Waals surface area contributed by atoms with Gasteiger partial charge in [-0.05, 0) is 48.2 Å². The van der Waals surface area contributed by atoms with Crippen molar-refractivity contribution in [2.24, 2.45) is 10.9 Å². The Bertz CT molecular complexity index is 884. The fourth-order valence-electron chi connectivity index (χ4n) is 3.08. The van der Waals surface area contributed by atoms with E-state index in [0.717, 1.165) is 17.5 Å². The van der Waals surface area contributed by atoms with Crippen molar-refractivity contribution in [2.75, 3.05) is 6.54 Å². The summed E-state index contributed by atoms with van der Waals surface area (Å²) in [4.78, 5) is 12.1. The van der Waals surface area contributed by atoms with Gasteiger partial charge in [0.15, 0.2) is 11.5 Å². The molecule has 0 aliphatic heterocycles. The fraction of sp³-hybridized carbons (Fsp3) is 0.412. The van der Waals surface area contributed by atoms with Crippen molar-refractivity contribution in [3.63, 3.8) is 0 Å². The van der Waals surface area contributed by atoms with E-state index in [1.807, 2.05) is 0 Å². The number of carbonyl (C=O) groups is 1. The number of oxime groups is 1. The largest absolute Gasteiger partial charge is 0.409 e. The molecule has 1 heterocycles. The Morgan fingerprint density at radius 2 is 2.29 bits per heavy atom. The molecule has 1 amide bonds. The molecule has 1 aromatic heterocycles. The Morgan fingerprint density at radius 3 is 3.00 bits per heavy atom. The molecule has 3 atom stereocenters. The van der Waals surface area contributed by atoms with E-state index in [4.69, 9.17) is 5.73 Å². The van der Waals surface area contributed by atoms with Gasteiger partial charge in [0.25, 0.3) is 0 Å². The summed E-state index contributed by atoms with van der Waals surface area (Å²) in [5.41, 5.74) is 7.56. The number of benzene rings is 1. The van der Waals surface area contributed by atoms with Crippen molar-refractivity contribution < 1.29 is 24.1 Å². The zero-order chi connectivity index (χ0) is 20.3. The second kappa shape index (κ2) is 8.31. The highest BCUT2D eigenvalue weighted by Gasteiger charge is 2.30. The molecule has 11 heteroatoms. The van der Waals surface area contributed by atoms with Crippen LogP contribution in [0.4, 0.5) is 4.39 Å². The molecule has 1 aromatic carbocycles. The molecule has 2 aromatic rings. The molecule has 3 rings (SSSR count). The molecule has 28 heavy (non-hydrogen) atoms. The van der Waals surface area contributed by atoms with Crippen molar-refractivity contribution in [2.45, 2.75) is 38.0 Å². The van der Waals surface area contributed by atoms with Crippen LogP contribution in [0, 0.1) is 5.82 Å². The molecule has 150 valence electrons. The van der Waals surface area contributed by atoms with Crippen LogP contribution in [-0.4, -0.2) is 45.0 Å². The molecular weight excluding hydrogens is 371 g/mol. The van der Waals surface area contributed by atoms with E-state index in [-0.39, 0.29) is 35.6 Å². The maximum absolute atomic E-state index is 13.6. The Morgan fingerprint density at radius 1 is 1.50 bits per heavy atom. The number of aryl methyl sites for hydroxylation is 1. The lowest BCUT2D eigenvalue weighted by Crippen LogP contribution is -2.39. The van der Waals surface area contributed by atoms with Gasteiger partial charge in [-0.25, -0.2) is 9.02 Å². The molecular formula is C17H21FN6O4. The molecule has 0 bridgehead atoms. The lowest BCUT2D eigenvalue weighted by molar-refractivity contribution is -0.123. The molecule has 1 aliphatic rings. The summed E-state index contributed by atoms with van der Waals surface area (Å²) in [6, 6.07) is 2.96. The Balaban J connectivity index is 1.78. The lowest BCUT2D eigenvalue weighted by Gasteiger charge is -2.16. The number of halogens is 1. The lowest BCUT2D eigenvalue weighted by atomic mass is 10.1. The van der Waals surface area contributed by atoms with Crippen LogP contribution < -0.4 is 16.4 Å². The van der Waals surface area contributed by atoms with Gasteiger partial charge < -0.3 is 26.7 Å². The number of aliphatic hydroxyl groups excluding tert-OH is 1. The van der Waals surface area contributed by atoms with E-state index in [1.165, 1.54) is 19.1 Å². The first-order valence-corrected chi connectivity index (χ1v) is 8.71. The standard InChI is InChI=1S/C17H21FN6O4/c1-8(25)7-20-17(26)13(19)14-15(24-28-23-14)16(22-27)21-12-5-3-9-2-4-10(18)6-11(9)12/h2,4,6,8,12-13,25,27H,3,5,7,19H2,1H3,(H,20,26)(H,21,22)/t8?,12-,13?/m0/s1. The Hall–Kier alpha value is -3.05. The van der Waals surface area contributed by atoms with E-state index >= 15 is 0 Å². The van der Waals surface area contributed by atoms with Crippen LogP contribution in [0.15, 0.2) is 28.0 Å². The van der Waals surface area contributed by atoms with Gasteiger partial charge in [-0.1, -0.05) is 16.4 Å². The van der Waals surface area contributed by atoms with Gasteiger partial charge in [-0.3, -0.25) is 4.79 Å². The van der Waals surface area contributed by atoms with Gasteiger partial charge in [0.1, 0.15) is 17.6 Å². The number of fused-ring (bicyclic) bond motifs is 1. The number of nitrogens with one attached hydrogen (secondary N) is 2. The molecule has 2 unspecified atom stereocenters. The van der Waals surface area contributed by atoms with E-state index < -0.39 is 18.1 Å². The van der Waals surface area contributed by atoms with E-state index in [9.17, 15) is 19.5 Å². The smallest absolute Gasteiger partial charge is 0.243 e. The van der Waals surface area contributed by atoms with Crippen LogP contribution in [0.3, 0.4) is 0 Å². The van der Waals surface area contributed by atoms with Gasteiger partial charge in [0.05, 0.1) is 12.1 Å². The zero-order valence-electron chi connectivity index (χ0n) is 15.1. The molecule has 10 nitrogen and oxygen atoms in total. The summed E-state index contributed by atoms with van der Waals surface area (Å²) >= 11 is 0. The first kappa shape index (κ1) is 19.7. The maximum atomic E-state index is 13.6. The highest BCUT2D eigenvalue weighted by atomic mass is 19.1. The molecule has 0 spiro atoms. The Kier molecular flexibility index (Phi) is 5.85. The van der Waals surface area contributed by atoms with Crippen molar-refractivity contribution >= 4 is 11.7 Å². The summed E-state index contributed by atoms with van der Waals surface area (Å²) < 4.78 is 18.3. The van der Waals surface area contributed by atoms with Crippen LogP contribution >= 0.6 is 0 Å². The number of hydrogen-bond donors (Lipinski definition) is 5. The number of aliphatic hydroxyl groups is 1. The molecule has 0 fully saturated rings. The van der Waals surface area contributed by atoms with E-state index in [0.29, 0.717) is 6.42 Å². The average Bonchev–Trinajstić information content (AvgIpc) is 3.30. The second-order valence-electron chi connectivity index (χ2n) is 6.60. The van der Waals surface area contributed by atoms with Crippen LogP contribution in [0.25, 0.3) is 0 Å². The number of aromatic nitrogens is 2. The molecule has 0 saturated heterocycles. The average molecular weight is 392 g/mol. The maximum Gasteiger partial charge on any atom is 0.243 e. The summed E-state index contributed by atoms with van der Waals surface area (Å²) in [5.74, 6) is -1.07. The van der Waals surface area contributed by atoms with Crippen LogP contribution in [0.5, 0.6) is 0 Å². The number of nitrogens with zero attached hydrogens (tertiary/aromatic N) is 3. The minimum absolute atomic E-state index is 0.0107. The molecule has 1 aliphatic carbocycles. The van der Waals surface area contributed by atoms with Crippen molar-refractivity contribution in [3.8, 4) is 0 Å². The summed E-state index contributed by atoms with van der Waals surface area (Å²) in [7, 11) is 0. The first-order valence-electron chi connectivity index (χ1n) is 8.71. The SMILES string of the molecule is CC(O)CNC(=O)C(N)c1nonc1/C(=N\O)N[C@H]1CCc2ccc(F)cc21. The number of amides is 1. The predicted octanol–water partition coefficient (Wildman–Crippen LogP) is 0.118. The summed E-state index contributed by atoms with van der Waals surface area (Å²) in [5, 5.41) is 34.7. The van der Waals surface area contributed by atoms with Crippen LogP contribution in [0.1, 0.15) is 47.9 Å². The zero-order valence-corrected chi connectivity index (χ0v) is 15.1. The van der Waals surface area contributed by atoms with Gasteiger partial charge in [0, 0.05) is 6.54 Å². The number of amidine groups is 1. The van der Waals surface area contributed by atoms with Crippen LogP contribution in [0.2, 0.25) is 0 Å².